The number of carboxylic acids is 1. The summed E-state index contributed by atoms with van der Waals surface area (Å²) in [7, 11) is 0. The standard InChI is InChI=1S/C10H10N4O3/c1-2-5-14(6-7(15)16)10-8(9(11)17)12-3-4-13-10/h1,3-4H,5-6H2,(H2,11,17)(H,15,16). The molecule has 1 rings (SSSR count). The van der Waals surface area contributed by atoms with E-state index in [9.17, 15) is 9.59 Å². The monoisotopic (exact) mass is 234 g/mol. The first-order valence-corrected chi connectivity index (χ1v) is 4.57. The zero-order valence-electron chi connectivity index (χ0n) is 8.83. The molecule has 0 saturated heterocycles. The number of nitrogens with two attached hydrogens (primary N) is 1. The van der Waals surface area contributed by atoms with Gasteiger partial charge in [0.1, 0.15) is 6.54 Å². The molecule has 0 aliphatic heterocycles. The second-order valence-corrected chi connectivity index (χ2v) is 3.05. The summed E-state index contributed by atoms with van der Waals surface area (Å²) in [6.45, 7) is -0.394. The molecule has 0 fully saturated rings. The maximum atomic E-state index is 11.1. The molecule has 88 valence electrons. The number of aliphatic carboxylic acids is 1. The van der Waals surface area contributed by atoms with Crippen molar-refractivity contribution >= 4 is 17.7 Å². The Bertz CT molecular complexity index is 481. The lowest BCUT2D eigenvalue weighted by Gasteiger charge is -2.19. The minimum absolute atomic E-state index is 0.00866. The number of carbonyl (C=O) groups excluding carboxylic acids is 1. The highest BCUT2D eigenvalue weighted by molar-refractivity contribution is 5.96. The van der Waals surface area contributed by atoms with Gasteiger partial charge in [-0.25, -0.2) is 9.97 Å². The molecule has 0 saturated carbocycles. The second kappa shape index (κ2) is 5.46. The van der Waals surface area contributed by atoms with Crippen LogP contribution >= 0.6 is 0 Å². The smallest absolute Gasteiger partial charge is 0.323 e. The van der Waals surface area contributed by atoms with E-state index in [1.54, 1.807) is 0 Å². The molecule has 0 aromatic carbocycles. The van der Waals surface area contributed by atoms with Crippen molar-refractivity contribution in [3.8, 4) is 12.3 Å². The maximum absolute atomic E-state index is 11.1. The van der Waals surface area contributed by atoms with Crippen molar-refractivity contribution in [3.63, 3.8) is 0 Å². The van der Waals surface area contributed by atoms with Gasteiger partial charge in [-0.1, -0.05) is 5.92 Å². The van der Waals surface area contributed by atoms with Gasteiger partial charge in [0.2, 0.25) is 0 Å². The fourth-order valence-electron chi connectivity index (χ4n) is 1.22. The van der Waals surface area contributed by atoms with Crippen LogP contribution in [0.3, 0.4) is 0 Å². The molecular weight excluding hydrogens is 224 g/mol. The Morgan fingerprint density at radius 3 is 2.65 bits per heavy atom. The summed E-state index contributed by atoms with van der Waals surface area (Å²) in [5.74, 6) is 0.463. The molecule has 17 heavy (non-hydrogen) atoms. The molecule has 0 spiro atoms. The quantitative estimate of drug-likeness (QED) is 0.639. The molecule has 0 bridgehead atoms. The SMILES string of the molecule is C#CCN(CC(=O)O)c1nccnc1C(N)=O. The van der Waals surface area contributed by atoms with E-state index in [0.717, 1.165) is 0 Å². The van der Waals surface area contributed by atoms with Crippen LogP contribution in [0.4, 0.5) is 5.82 Å². The molecule has 0 aliphatic carbocycles. The first-order chi connectivity index (χ1) is 8.06. The average Bonchev–Trinajstić information content (AvgIpc) is 2.28. The van der Waals surface area contributed by atoms with Gasteiger partial charge in [0, 0.05) is 12.4 Å². The fraction of sp³-hybridized carbons (Fsp3) is 0.200. The number of hydrogen-bond acceptors (Lipinski definition) is 5. The third-order valence-corrected chi connectivity index (χ3v) is 1.82. The Balaban J connectivity index is 3.13. The topological polar surface area (TPSA) is 109 Å². The van der Waals surface area contributed by atoms with Crippen LogP contribution in [0.5, 0.6) is 0 Å². The number of carboxylic acid groups (broad SMARTS) is 1. The minimum Gasteiger partial charge on any atom is -0.480 e. The van der Waals surface area contributed by atoms with Crippen molar-refractivity contribution in [1.29, 1.82) is 0 Å². The van der Waals surface area contributed by atoms with Crippen molar-refractivity contribution < 1.29 is 14.7 Å². The van der Waals surface area contributed by atoms with E-state index in [4.69, 9.17) is 17.3 Å². The van der Waals surface area contributed by atoms with E-state index in [1.165, 1.54) is 17.3 Å². The summed E-state index contributed by atoms with van der Waals surface area (Å²) < 4.78 is 0. The summed E-state index contributed by atoms with van der Waals surface area (Å²) >= 11 is 0. The van der Waals surface area contributed by atoms with Gasteiger partial charge in [0.25, 0.3) is 5.91 Å². The third-order valence-electron chi connectivity index (χ3n) is 1.82. The van der Waals surface area contributed by atoms with E-state index in [1.807, 2.05) is 0 Å². The number of hydrogen-bond donors (Lipinski definition) is 2. The third kappa shape index (κ3) is 3.17. The molecule has 1 aromatic rings. The van der Waals surface area contributed by atoms with Gasteiger partial charge in [-0.3, -0.25) is 9.59 Å². The predicted octanol–water partition coefficient (Wildman–Crippen LogP) is -0.900. The number of anilines is 1. The first-order valence-electron chi connectivity index (χ1n) is 4.57. The summed E-state index contributed by atoms with van der Waals surface area (Å²) in [5.41, 5.74) is 5.00. The van der Waals surface area contributed by atoms with Crippen molar-refractivity contribution in [3.05, 3.63) is 18.1 Å². The van der Waals surface area contributed by atoms with Crippen LogP contribution in [0.25, 0.3) is 0 Å². The maximum Gasteiger partial charge on any atom is 0.323 e. The lowest BCUT2D eigenvalue weighted by atomic mass is 10.3. The number of amides is 1. The lowest BCUT2D eigenvalue weighted by molar-refractivity contribution is -0.135. The average molecular weight is 234 g/mol. The van der Waals surface area contributed by atoms with E-state index in [-0.39, 0.29) is 24.6 Å². The van der Waals surface area contributed by atoms with Crippen LogP contribution in [0.1, 0.15) is 10.5 Å². The van der Waals surface area contributed by atoms with Crippen molar-refractivity contribution in [2.75, 3.05) is 18.0 Å². The van der Waals surface area contributed by atoms with Crippen LogP contribution in [0.15, 0.2) is 12.4 Å². The Morgan fingerprint density at radius 1 is 1.47 bits per heavy atom. The number of primary amides is 1. The highest BCUT2D eigenvalue weighted by atomic mass is 16.4. The van der Waals surface area contributed by atoms with Gasteiger partial charge < -0.3 is 15.7 Å². The zero-order chi connectivity index (χ0) is 12.8. The number of nitrogens with zero attached hydrogens (tertiary/aromatic N) is 3. The number of terminal acetylenes is 1. The number of rotatable bonds is 5. The van der Waals surface area contributed by atoms with Gasteiger partial charge in [0.05, 0.1) is 6.54 Å². The molecule has 0 unspecified atom stereocenters. The molecule has 1 heterocycles. The molecule has 3 N–H and O–H groups in total. The minimum atomic E-state index is -1.10. The van der Waals surface area contributed by atoms with Crippen molar-refractivity contribution in [2.24, 2.45) is 5.73 Å². The van der Waals surface area contributed by atoms with Gasteiger partial charge in [0.15, 0.2) is 11.5 Å². The first kappa shape index (κ1) is 12.4. The molecule has 0 aliphatic rings. The molecule has 0 radical (unpaired) electrons. The van der Waals surface area contributed by atoms with E-state index >= 15 is 0 Å². The normalized spacial score (nSPS) is 9.35. The van der Waals surface area contributed by atoms with Gasteiger partial charge in [-0.05, 0) is 0 Å². The zero-order valence-corrected chi connectivity index (χ0v) is 8.83. The Kier molecular flexibility index (Phi) is 4.00. The molecule has 7 heteroatoms. The van der Waals surface area contributed by atoms with Crippen LogP contribution in [0, 0.1) is 12.3 Å². The van der Waals surface area contributed by atoms with Crippen molar-refractivity contribution in [2.45, 2.75) is 0 Å². The molecule has 1 amide bonds. The van der Waals surface area contributed by atoms with Crippen LogP contribution < -0.4 is 10.6 Å². The highest BCUT2D eigenvalue weighted by Gasteiger charge is 2.18. The lowest BCUT2D eigenvalue weighted by Crippen LogP contribution is -2.33. The van der Waals surface area contributed by atoms with Crippen LogP contribution in [0.2, 0.25) is 0 Å². The summed E-state index contributed by atoms with van der Waals surface area (Å²) in [5, 5.41) is 8.73. The summed E-state index contributed by atoms with van der Waals surface area (Å²) in [6, 6.07) is 0. The van der Waals surface area contributed by atoms with Gasteiger partial charge >= 0.3 is 5.97 Å². The Hall–Kier alpha value is -2.62. The predicted molar refractivity (Wildman–Crippen MR) is 59.2 cm³/mol. The van der Waals surface area contributed by atoms with Crippen molar-refractivity contribution in [1.82, 2.24) is 9.97 Å². The van der Waals surface area contributed by atoms with Gasteiger partial charge in [-0.2, -0.15) is 0 Å². The van der Waals surface area contributed by atoms with Gasteiger partial charge in [-0.15, -0.1) is 6.42 Å². The summed E-state index contributed by atoms with van der Waals surface area (Å²) in [6.07, 6.45) is 7.74. The van der Waals surface area contributed by atoms with Crippen LogP contribution in [-0.2, 0) is 4.79 Å². The Labute approximate surface area is 97.3 Å². The van der Waals surface area contributed by atoms with E-state index in [0.29, 0.717) is 0 Å². The molecule has 1 aromatic heterocycles. The second-order valence-electron chi connectivity index (χ2n) is 3.05. The van der Waals surface area contributed by atoms with E-state index in [2.05, 4.69) is 15.9 Å². The number of carbonyl (C=O) groups is 2. The summed E-state index contributed by atoms with van der Waals surface area (Å²) in [4.78, 5) is 30.6. The molecule has 7 nitrogen and oxygen atoms in total. The molecular formula is C10H10N4O3. The van der Waals surface area contributed by atoms with E-state index < -0.39 is 11.9 Å². The highest BCUT2D eigenvalue weighted by Crippen LogP contribution is 2.13. The largest absolute Gasteiger partial charge is 0.480 e. The Morgan fingerprint density at radius 2 is 2.12 bits per heavy atom. The fourth-order valence-corrected chi connectivity index (χ4v) is 1.22. The number of aromatic nitrogens is 2. The van der Waals surface area contributed by atoms with Crippen LogP contribution in [-0.4, -0.2) is 40.0 Å². The molecule has 0 atom stereocenters.